The summed E-state index contributed by atoms with van der Waals surface area (Å²) in [6.45, 7) is 2.02. The van der Waals surface area contributed by atoms with Gasteiger partial charge in [-0.05, 0) is 59.6 Å². The fraction of sp³-hybridized carbons (Fsp3) is 0.381. The summed E-state index contributed by atoms with van der Waals surface area (Å²) in [5.41, 5.74) is 3.43. The molecule has 1 aliphatic carbocycles. The molecule has 1 heterocycles. The van der Waals surface area contributed by atoms with Crippen LogP contribution in [0.2, 0.25) is 0 Å². The van der Waals surface area contributed by atoms with Crippen LogP contribution >= 0.6 is 11.3 Å². The molecule has 0 fully saturated rings. The molecule has 2 aromatic rings. The molecule has 0 bridgehead atoms. The van der Waals surface area contributed by atoms with Gasteiger partial charge in [0.2, 0.25) is 0 Å². The molecule has 0 radical (unpaired) electrons. The van der Waals surface area contributed by atoms with E-state index in [-0.39, 0.29) is 25.9 Å². The smallest absolute Gasteiger partial charge is 0.303 e. The molecule has 0 amide bonds. The summed E-state index contributed by atoms with van der Waals surface area (Å²) in [6.07, 6.45) is 0.498. The minimum Gasteiger partial charge on any atom is -0.489 e. The molecule has 0 aliphatic heterocycles. The van der Waals surface area contributed by atoms with E-state index < -0.39 is 11.9 Å². The van der Waals surface area contributed by atoms with Crippen LogP contribution in [0.1, 0.15) is 41.7 Å². The van der Waals surface area contributed by atoms with Gasteiger partial charge in [-0.25, -0.2) is 8.78 Å². The molecule has 6 heteroatoms. The maximum absolute atomic E-state index is 13.9. The lowest BCUT2D eigenvalue weighted by Gasteiger charge is -2.27. The standard InChI is InChI=1S/C21H22F2O3S/c1-14-11-15(5-7-20(24)25)4-6-18(14)26-13-16-12-21(22,23)9-8-17(16)19-3-2-10-27-19/h2-4,6,10-11H,5,7-9,12-13H2,1H3,(H,24,25). The Kier molecular flexibility index (Phi) is 5.95. The second kappa shape index (κ2) is 8.21. The summed E-state index contributed by atoms with van der Waals surface area (Å²) >= 11 is 1.56. The van der Waals surface area contributed by atoms with Crippen LogP contribution < -0.4 is 4.74 Å². The molecule has 1 aliphatic rings. The molecule has 0 unspecified atom stereocenters. The number of carbonyl (C=O) groups is 1. The maximum atomic E-state index is 13.9. The van der Waals surface area contributed by atoms with Crippen molar-refractivity contribution in [2.75, 3.05) is 6.61 Å². The van der Waals surface area contributed by atoms with E-state index >= 15 is 0 Å². The lowest BCUT2D eigenvalue weighted by molar-refractivity contribution is -0.136. The lowest BCUT2D eigenvalue weighted by Crippen LogP contribution is -2.24. The largest absolute Gasteiger partial charge is 0.489 e. The van der Waals surface area contributed by atoms with Crippen LogP contribution in [-0.4, -0.2) is 23.6 Å². The second-order valence-electron chi connectivity index (χ2n) is 6.87. The molecule has 0 spiro atoms. The van der Waals surface area contributed by atoms with Crippen molar-refractivity contribution in [1.82, 2.24) is 0 Å². The van der Waals surface area contributed by atoms with Gasteiger partial charge in [-0.2, -0.15) is 0 Å². The Morgan fingerprint density at radius 1 is 1.33 bits per heavy atom. The fourth-order valence-corrected chi connectivity index (χ4v) is 4.17. The van der Waals surface area contributed by atoms with Crippen molar-refractivity contribution in [3.8, 4) is 5.75 Å². The van der Waals surface area contributed by atoms with Crippen LogP contribution in [0.25, 0.3) is 5.57 Å². The van der Waals surface area contributed by atoms with Crippen LogP contribution in [0.15, 0.2) is 41.3 Å². The van der Waals surface area contributed by atoms with Gasteiger partial charge < -0.3 is 9.84 Å². The number of allylic oxidation sites excluding steroid dienone is 1. The molecule has 144 valence electrons. The number of carboxylic acids is 1. The van der Waals surface area contributed by atoms with Crippen molar-refractivity contribution in [3.05, 3.63) is 57.3 Å². The van der Waals surface area contributed by atoms with Crippen molar-refractivity contribution in [1.29, 1.82) is 0 Å². The van der Waals surface area contributed by atoms with Crippen LogP contribution in [-0.2, 0) is 11.2 Å². The molecule has 3 rings (SSSR count). The number of alkyl halides is 2. The number of hydrogen-bond acceptors (Lipinski definition) is 3. The Hall–Kier alpha value is -2.21. The first-order valence-electron chi connectivity index (χ1n) is 8.91. The first-order valence-corrected chi connectivity index (χ1v) is 9.79. The number of carboxylic acid groups (broad SMARTS) is 1. The molecule has 0 saturated carbocycles. The molecule has 1 N–H and O–H groups in total. The minimum absolute atomic E-state index is 0.0752. The van der Waals surface area contributed by atoms with Crippen molar-refractivity contribution in [3.63, 3.8) is 0 Å². The third kappa shape index (κ3) is 5.16. The van der Waals surface area contributed by atoms with Gasteiger partial charge in [-0.1, -0.05) is 18.2 Å². The number of rotatable bonds is 7. The number of thiophene rings is 1. The first-order chi connectivity index (χ1) is 12.8. The highest BCUT2D eigenvalue weighted by Crippen LogP contribution is 2.42. The number of ether oxygens (including phenoxy) is 1. The zero-order valence-electron chi connectivity index (χ0n) is 15.1. The van der Waals surface area contributed by atoms with Gasteiger partial charge in [-0.15, -0.1) is 11.3 Å². The average Bonchev–Trinajstić information content (AvgIpc) is 3.13. The molecule has 27 heavy (non-hydrogen) atoms. The van der Waals surface area contributed by atoms with Gasteiger partial charge in [0.15, 0.2) is 0 Å². The quantitative estimate of drug-likeness (QED) is 0.655. The highest BCUT2D eigenvalue weighted by Gasteiger charge is 2.36. The van der Waals surface area contributed by atoms with Gasteiger partial charge >= 0.3 is 5.97 Å². The molecule has 1 aromatic heterocycles. The topological polar surface area (TPSA) is 46.5 Å². The van der Waals surface area contributed by atoms with Crippen molar-refractivity contribution in [2.24, 2.45) is 0 Å². The molecule has 3 nitrogen and oxygen atoms in total. The van der Waals surface area contributed by atoms with Gasteiger partial charge in [0.05, 0.1) is 0 Å². The summed E-state index contributed by atoms with van der Waals surface area (Å²) in [4.78, 5) is 11.7. The highest BCUT2D eigenvalue weighted by atomic mass is 32.1. The Labute approximate surface area is 161 Å². The minimum atomic E-state index is -2.69. The third-order valence-corrected chi connectivity index (χ3v) is 5.66. The Morgan fingerprint density at radius 2 is 2.15 bits per heavy atom. The van der Waals surface area contributed by atoms with E-state index in [1.54, 1.807) is 17.4 Å². The first kappa shape index (κ1) is 19.5. The molecule has 1 aromatic carbocycles. The zero-order chi connectivity index (χ0) is 19.4. The Bertz CT molecular complexity index is 841. The van der Waals surface area contributed by atoms with Gasteiger partial charge in [0.25, 0.3) is 5.92 Å². The third-order valence-electron chi connectivity index (χ3n) is 4.73. The summed E-state index contributed by atoms with van der Waals surface area (Å²) in [5, 5.41) is 10.7. The van der Waals surface area contributed by atoms with E-state index in [2.05, 4.69) is 0 Å². The number of benzene rings is 1. The van der Waals surface area contributed by atoms with E-state index in [0.29, 0.717) is 24.2 Å². The number of halogens is 2. The van der Waals surface area contributed by atoms with Crippen LogP contribution in [0.4, 0.5) is 8.78 Å². The van der Waals surface area contributed by atoms with Crippen molar-refractivity contribution < 1.29 is 23.4 Å². The van der Waals surface area contributed by atoms with Crippen LogP contribution in [0.5, 0.6) is 5.75 Å². The number of hydrogen-bond donors (Lipinski definition) is 1. The zero-order valence-corrected chi connectivity index (χ0v) is 16.0. The van der Waals surface area contributed by atoms with Crippen LogP contribution in [0, 0.1) is 6.92 Å². The second-order valence-corrected chi connectivity index (χ2v) is 7.82. The molecular weight excluding hydrogens is 370 g/mol. The van der Waals surface area contributed by atoms with Crippen LogP contribution in [0.3, 0.4) is 0 Å². The number of aliphatic carboxylic acids is 1. The van der Waals surface area contributed by atoms with Crippen molar-refractivity contribution >= 4 is 22.9 Å². The predicted octanol–water partition coefficient (Wildman–Crippen LogP) is 5.73. The molecule has 0 atom stereocenters. The predicted molar refractivity (Wildman–Crippen MR) is 103 cm³/mol. The van der Waals surface area contributed by atoms with Gasteiger partial charge in [0.1, 0.15) is 12.4 Å². The Morgan fingerprint density at radius 3 is 2.81 bits per heavy atom. The number of aryl methyl sites for hydroxylation is 2. The van der Waals surface area contributed by atoms with E-state index in [1.165, 1.54) is 0 Å². The maximum Gasteiger partial charge on any atom is 0.303 e. The van der Waals surface area contributed by atoms with E-state index in [4.69, 9.17) is 9.84 Å². The van der Waals surface area contributed by atoms with E-state index in [9.17, 15) is 13.6 Å². The molecule has 0 saturated heterocycles. The SMILES string of the molecule is Cc1cc(CCC(=O)O)ccc1OCC1=C(c2cccs2)CCC(F)(F)C1. The normalized spacial score (nSPS) is 16.4. The van der Waals surface area contributed by atoms with Crippen molar-refractivity contribution in [2.45, 2.75) is 45.0 Å². The summed E-state index contributed by atoms with van der Waals surface area (Å²) in [6, 6.07) is 9.40. The average molecular weight is 392 g/mol. The van der Waals surface area contributed by atoms with E-state index in [0.717, 1.165) is 21.6 Å². The lowest BCUT2D eigenvalue weighted by atomic mass is 9.88. The van der Waals surface area contributed by atoms with Gasteiger partial charge in [-0.3, -0.25) is 4.79 Å². The fourth-order valence-electron chi connectivity index (χ4n) is 3.32. The summed E-state index contributed by atoms with van der Waals surface area (Å²) in [5.74, 6) is -2.88. The Balaban J connectivity index is 1.74. The van der Waals surface area contributed by atoms with E-state index in [1.807, 2.05) is 36.6 Å². The summed E-state index contributed by atoms with van der Waals surface area (Å²) < 4.78 is 33.8. The molecular formula is C21H22F2O3S. The summed E-state index contributed by atoms with van der Waals surface area (Å²) in [7, 11) is 0. The monoisotopic (exact) mass is 392 g/mol. The van der Waals surface area contributed by atoms with Gasteiger partial charge in [0, 0.05) is 24.1 Å². The highest BCUT2D eigenvalue weighted by molar-refractivity contribution is 7.11.